The molecule has 0 spiro atoms. The summed E-state index contributed by atoms with van der Waals surface area (Å²) in [4.78, 5) is 43.3. The number of H-pyrrole nitrogens is 2. The zero-order chi connectivity index (χ0) is 32.9. The van der Waals surface area contributed by atoms with Gasteiger partial charge in [0.25, 0.3) is 0 Å². The third kappa shape index (κ3) is 5.78. The quantitative estimate of drug-likeness (QED) is 0.246. The largest absolute Gasteiger partial charge is 0.481 e. The van der Waals surface area contributed by atoms with Crippen molar-refractivity contribution in [2.24, 2.45) is 27.7 Å². The molecule has 2 aromatic heterocycles. The standard InChI is InChI=1S/C38H50N4O4/c1-8-10-11-19(3)46-18-27-22(6)28-15-30-21(5)25(12-13-35(44)45)37(41-30)26-14-34(43)36-23(7)31(42-38(26)36)17-32-24(9-2)20(4)29(39-32)16-33(27)40-28/h15,19,21,24-26,40,42H,8-14,16-18H2,1-7H3,(H,44,45)/t19?,21?,24?,25-,26?/m0/s1. The first-order valence-corrected chi connectivity index (χ1v) is 17.4. The van der Waals surface area contributed by atoms with Crippen LogP contribution in [0.2, 0.25) is 0 Å². The molecule has 1 aliphatic carbocycles. The van der Waals surface area contributed by atoms with E-state index >= 15 is 0 Å². The number of aromatic nitrogens is 2. The van der Waals surface area contributed by atoms with Crippen LogP contribution in [0.25, 0.3) is 6.08 Å². The molecule has 0 aromatic carbocycles. The summed E-state index contributed by atoms with van der Waals surface area (Å²) >= 11 is 0. The molecule has 5 atom stereocenters. The van der Waals surface area contributed by atoms with Gasteiger partial charge < -0.3 is 19.8 Å². The molecule has 8 bridgehead atoms. The Morgan fingerprint density at radius 3 is 2.61 bits per heavy atom. The number of fused-ring (bicyclic) bond motifs is 6. The number of ether oxygens (including phenoxy) is 1. The van der Waals surface area contributed by atoms with E-state index in [0.717, 1.165) is 88.0 Å². The Labute approximate surface area is 272 Å². The van der Waals surface area contributed by atoms with Crippen LogP contribution in [-0.2, 0) is 29.0 Å². The molecule has 246 valence electrons. The lowest BCUT2D eigenvalue weighted by atomic mass is 9.81. The lowest BCUT2D eigenvalue weighted by Gasteiger charge is -2.21. The second-order valence-electron chi connectivity index (χ2n) is 14.1. The number of carbonyl (C=O) groups is 2. The van der Waals surface area contributed by atoms with Crippen LogP contribution in [0.4, 0.5) is 0 Å². The van der Waals surface area contributed by atoms with E-state index in [1.54, 1.807) is 0 Å². The van der Waals surface area contributed by atoms with Crippen molar-refractivity contribution in [2.45, 2.75) is 125 Å². The molecule has 6 rings (SSSR count). The first kappa shape index (κ1) is 32.4. The van der Waals surface area contributed by atoms with Gasteiger partial charge in [0, 0.05) is 106 Å². The van der Waals surface area contributed by atoms with Crippen molar-refractivity contribution in [1.29, 1.82) is 0 Å². The Morgan fingerprint density at radius 1 is 1.11 bits per heavy atom. The first-order valence-electron chi connectivity index (χ1n) is 17.4. The number of ketones is 1. The summed E-state index contributed by atoms with van der Waals surface area (Å²) in [5.74, 6) is -0.601. The van der Waals surface area contributed by atoms with Gasteiger partial charge >= 0.3 is 5.97 Å². The van der Waals surface area contributed by atoms with Gasteiger partial charge in [-0.05, 0) is 69.7 Å². The molecule has 0 saturated carbocycles. The van der Waals surface area contributed by atoms with Crippen LogP contribution in [0, 0.1) is 31.6 Å². The van der Waals surface area contributed by atoms with Gasteiger partial charge in [-0.3, -0.25) is 19.6 Å². The summed E-state index contributed by atoms with van der Waals surface area (Å²) in [5, 5.41) is 9.62. The molecule has 3 N–H and O–H groups in total. The van der Waals surface area contributed by atoms with Crippen LogP contribution in [0.15, 0.2) is 27.0 Å². The third-order valence-corrected chi connectivity index (χ3v) is 11.2. The average Bonchev–Trinajstić information content (AvgIpc) is 3.76. The van der Waals surface area contributed by atoms with Crippen molar-refractivity contribution >= 4 is 29.3 Å². The van der Waals surface area contributed by atoms with Crippen molar-refractivity contribution in [1.82, 2.24) is 9.97 Å². The van der Waals surface area contributed by atoms with E-state index in [-0.39, 0.29) is 42.0 Å². The normalized spacial score (nSPS) is 24.4. The predicted octanol–water partition coefficient (Wildman–Crippen LogP) is 8.19. The highest BCUT2D eigenvalue weighted by atomic mass is 16.5. The zero-order valence-electron chi connectivity index (χ0n) is 28.6. The van der Waals surface area contributed by atoms with Crippen molar-refractivity contribution in [3.8, 4) is 0 Å². The van der Waals surface area contributed by atoms with Crippen LogP contribution in [0.3, 0.4) is 0 Å². The Kier molecular flexibility index (Phi) is 9.12. The van der Waals surface area contributed by atoms with Gasteiger partial charge in [-0.25, -0.2) is 0 Å². The van der Waals surface area contributed by atoms with E-state index in [1.165, 1.54) is 11.1 Å². The minimum atomic E-state index is -0.808. The smallest absolute Gasteiger partial charge is 0.303 e. The highest BCUT2D eigenvalue weighted by Crippen LogP contribution is 2.46. The number of nitrogens with zero attached hydrogens (tertiary/aromatic N) is 2. The molecule has 0 radical (unpaired) electrons. The fourth-order valence-corrected chi connectivity index (χ4v) is 8.27. The summed E-state index contributed by atoms with van der Waals surface area (Å²) in [5.41, 5.74) is 13.8. The maximum atomic E-state index is 13.5. The number of aliphatic imine (C=N–C) groups is 2. The Morgan fingerprint density at radius 2 is 1.89 bits per heavy atom. The van der Waals surface area contributed by atoms with E-state index in [0.29, 0.717) is 32.3 Å². The predicted molar refractivity (Wildman–Crippen MR) is 183 cm³/mol. The minimum Gasteiger partial charge on any atom is -0.481 e. The number of aliphatic carboxylic acids is 1. The summed E-state index contributed by atoms with van der Waals surface area (Å²) in [6, 6.07) is 0. The number of allylic oxidation sites excluding steroid dienone is 3. The average molecular weight is 627 g/mol. The van der Waals surface area contributed by atoms with E-state index in [4.69, 9.17) is 14.7 Å². The first-order chi connectivity index (χ1) is 22.0. The molecule has 8 heteroatoms. The number of nitrogens with one attached hydrogen (secondary N) is 2. The maximum absolute atomic E-state index is 13.5. The van der Waals surface area contributed by atoms with Crippen LogP contribution >= 0.6 is 0 Å². The van der Waals surface area contributed by atoms with E-state index in [2.05, 4.69) is 64.5 Å². The van der Waals surface area contributed by atoms with Crippen LogP contribution in [0.1, 0.15) is 135 Å². The molecule has 0 saturated heterocycles. The van der Waals surface area contributed by atoms with Crippen molar-refractivity contribution in [3.63, 3.8) is 0 Å². The lowest BCUT2D eigenvalue weighted by molar-refractivity contribution is -0.137. The Balaban J connectivity index is 1.49. The third-order valence-electron chi connectivity index (χ3n) is 11.2. The van der Waals surface area contributed by atoms with E-state index in [1.807, 2.05) is 0 Å². The van der Waals surface area contributed by atoms with Gasteiger partial charge in [-0.15, -0.1) is 0 Å². The molecule has 4 aliphatic rings. The highest BCUT2D eigenvalue weighted by molar-refractivity contribution is 6.11. The summed E-state index contributed by atoms with van der Waals surface area (Å²) in [7, 11) is 0. The molecule has 5 heterocycles. The van der Waals surface area contributed by atoms with E-state index in [9.17, 15) is 14.7 Å². The minimum absolute atomic E-state index is 0.0245. The monoisotopic (exact) mass is 626 g/mol. The Bertz CT molecular complexity index is 1680. The van der Waals surface area contributed by atoms with Gasteiger partial charge in [0.05, 0.1) is 12.7 Å². The molecule has 0 amide bonds. The second kappa shape index (κ2) is 12.9. The molecule has 4 unspecified atom stereocenters. The van der Waals surface area contributed by atoms with Crippen LogP contribution in [-0.4, -0.2) is 44.4 Å². The fraction of sp³-hybridized carbons (Fsp3) is 0.579. The number of rotatable bonds is 10. The SMILES string of the molecule is CCCCC(C)OCc1c2[nH]c(c1C)C=C1N=C(C3CC(=O)c4c3[nH]c(c4C)CC3=NC(=C(C)C3CC)C2)[C@@H](CCC(=O)O)C1C. The maximum Gasteiger partial charge on any atom is 0.303 e. The number of unbranched alkanes of at least 4 members (excludes halogenated alkanes) is 1. The topological polar surface area (TPSA) is 120 Å². The number of hydrogen-bond donors (Lipinski definition) is 3. The van der Waals surface area contributed by atoms with Gasteiger partial charge in [0.1, 0.15) is 0 Å². The number of carboxylic acid groups (broad SMARTS) is 1. The molecule has 46 heavy (non-hydrogen) atoms. The molecule has 0 fully saturated rings. The summed E-state index contributed by atoms with van der Waals surface area (Å²) in [6.07, 6.45) is 8.96. The van der Waals surface area contributed by atoms with Crippen LogP contribution < -0.4 is 0 Å². The molecular weight excluding hydrogens is 576 g/mol. The molecule has 8 nitrogen and oxygen atoms in total. The number of Topliss-reactive ketones (excluding diaryl/α,β-unsaturated/α-hetero) is 1. The number of carbonyl (C=O) groups excluding carboxylic acids is 1. The summed E-state index contributed by atoms with van der Waals surface area (Å²) in [6.45, 7) is 15.7. The van der Waals surface area contributed by atoms with E-state index < -0.39 is 5.97 Å². The van der Waals surface area contributed by atoms with Crippen molar-refractivity contribution in [3.05, 3.63) is 62.0 Å². The van der Waals surface area contributed by atoms with Crippen molar-refractivity contribution < 1.29 is 19.4 Å². The van der Waals surface area contributed by atoms with Gasteiger partial charge in [0.2, 0.25) is 0 Å². The van der Waals surface area contributed by atoms with Gasteiger partial charge in [-0.2, -0.15) is 0 Å². The number of hydrogen-bond acceptors (Lipinski definition) is 5. The molecule has 3 aliphatic heterocycles. The van der Waals surface area contributed by atoms with Gasteiger partial charge in [-0.1, -0.05) is 33.6 Å². The summed E-state index contributed by atoms with van der Waals surface area (Å²) < 4.78 is 6.42. The Hall–Kier alpha value is -3.52. The molecule has 2 aromatic rings. The fourth-order valence-electron chi connectivity index (χ4n) is 8.27. The second-order valence-corrected chi connectivity index (χ2v) is 14.1. The lowest BCUT2D eigenvalue weighted by Crippen LogP contribution is -2.23. The number of carboxylic acids is 1. The highest BCUT2D eigenvalue weighted by Gasteiger charge is 2.44. The zero-order valence-corrected chi connectivity index (χ0v) is 28.6. The number of aromatic amines is 2. The molecular formula is C38H50N4O4. The van der Waals surface area contributed by atoms with Crippen molar-refractivity contribution in [2.75, 3.05) is 0 Å². The van der Waals surface area contributed by atoms with Gasteiger partial charge in [0.15, 0.2) is 5.78 Å². The van der Waals surface area contributed by atoms with Crippen LogP contribution in [0.5, 0.6) is 0 Å².